The first-order valence-corrected chi connectivity index (χ1v) is 12.6. The van der Waals surface area contributed by atoms with E-state index in [1.54, 1.807) is 35.9 Å². The number of thiophene rings is 1. The molecule has 0 spiro atoms. The van der Waals surface area contributed by atoms with Gasteiger partial charge in [-0.15, -0.1) is 11.3 Å². The number of carbonyl (C=O) groups is 1. The maximum absolute atomic E-state index is 13.5. The Balaban J connectivity index is 1.09. The van der Waals surface area contributed by atoms with Crippen molar-refractivity contribution < 1.29 is 9.18 Å². The molecule has 1 atom stereocenters. The van der Waals surface area contributed by atoms with E-state index in [-0.39, 0.29) is 17.9 Å². The van der Waals surface area contributed by atoms with Gasteiger partial charge in [0.05, 0.1) is 0 Å². The SMILES string of the molecule is O=C(NC1CCCN(c2ncccn2)C1)N1CCN(Cc2ccc(-c3cccc(F)c3)s2)CC1. The smallest absolute Gasteiger partial charge is 0.317 e. The van der Waals surface area contributed by atoms with Crippen molar-refractivity contribution in [3.05, 3.63) is 65.6 Å². The van der Waals surface area contributed by atoms with Crippen LogP contribution in [0.3, 0.4) is 0 Å². The monoisotopic (exact) mass is 480 g/mol. The highest BCUT2D eigenvalue weighted by atomic mass is 32.1. The van der Waals surface area contributed by atoms with Gasteiger partial charge in [0.25, 0.3) is 0 Å². The van der Waals surface area contributed by atoms with Gasteiger partial charge in [-0.25, -0.2) is 19.2 Å². The summed E-state index contributed by atoms with van der Waals surface area (Å²) in [7, 11) is 0. The molecule has 34 heavy (non-hydrogen) atoms. The van der Waals surface area contributed by atoms with E-state index in [0.29, 0.717) is 13.1 Å². The van der Waals surface area contributed by atoms with Crippen LogP contribution in [0.15, 0.2) is 54.9 Å². The summed E-state index contributed by atoms with van der Waals surface area (Å²) < 4.78 is 13.5. The van der Waals surface area contributed by atoms with Crippen molar-refractivity contribution in [2.45, 2.75) is 25.4 Å². The predicted molar refractivity (Wildman–Crippen MR) is 132 cm³/mol. The van der Waals surface area contributed by atoms with E-state index in [4.69, 9.17) is 0 Å². The summed E-state index contributed by atoms with van der Waals surface area (Å²) in [6.07, 6.45) is 5.49. The van der Waals surface area contributed by atoms with Gasteiger partial charge in [-0.3, -0.25) is 4.90 Å². The maximum Gasteiger partial charge on any atom is 0.317 e. The molecule has 4 heterocycles. The third-order valence-electron chi connectivity index (χ3n) is 6.39. The first-order chi connectivity index (χ1) is 16.6. The number of hydrogen-bond donors (Lipinski definition) is 1. The summed E-state index contributed by atoms with van der Waals surface area (Å²) in [5.41, 5.74) is 0.915. The number of urea groups is 1. The fourth-order valence-corrected chi connectivity index (χ4v) is 5.63. The number of hydrogen-bond acceptors (Lipinski definition) is 6. The zero-order valence-corrected chi connectivity index (χ0v) is 19.9. The number of aromatic nitrogens is 2. The van der Waals surface area contributed by atoms with Crippen molar-refractivity contribution in [3.63, 3.8) is 0 Å². The highest BCUT2D eigenvalue weighted by Gasteiger charge is 2.27. The Kier molecular flexibility index (Phi) is 7.01. The number of anilines is 1. The van der Waals surface area contributed by atoms with Crippen LogP contribution in [-0.2, 0) is 6.54 Å². The summed E-state index contributed by atoms with van der Waals surface area (Å²) >= 11 is 1.70. The van der Waals surface area contributed by atoms with Crippen LogP contribution in [-0.4, -0.2) is 71.1 Å². The fraction of sp³-hybridized carbons (Fsp3) is 0.400. The molecule has 0 aliphatic carbocycles. The second-order valence-corrected chi connectivity index (χ2v) is 9.99. The van der Waals surface area contributed by atoms with Gasteiger partial charge in [0.1, 0.15) is 5.82 Å². The van der Waals surface area contributed by atoms with Crippen molar-refractivity contribution >= 4 is 23.3 Å². The number of piperazine rings is 1. The molecule has 1 N–H and O–H groups in total. The Bertz CT molecular complexity index is 1100. The molecule has 2 aromatic heterocycles. The molecule has 2 saturated heterocycles. The lowest BCUT2D eigenvalue weighted by molar-refractivity contribution is 0.133. The van der Waals surface area contributed by atoms with Crippen molar-refractivity contribution in [1.29, 1.82) is 0 Å². The lowest BCUT2D eigenvalue weighted by Gasteiger charge is -2.37. The van der Waals surface area contributed by atoms with Crippen molar-refractivity contribution in [3.8, 4) is 10.4 Å². The molecule has 1 unspecified atom stereocenters. The molecule has 2 aliphatic heterocycles. The van der Waals surface area contributed by atoms with Gasteiger partial charge in [0.2, 0.25) is 5.95 Å². The Morgan fingerprint density at radius 2 is 1.88 bits per heavy atom. The van der Waals surface area contributed by atoms with Crippen molar-refractivity contribution in [2.75, 3.05) is 44.2 Å². The Morgan fingerprint density at radius 3 is 2.68 bits per heavy atom. The first kappa shape index (κ1) is 22.7. The van der Waals surface area contributed by atoms with Crippen LogP contribution in [0, 0.1) is 5.82 Å². The molecular weight excluding hydrogens is 451 g/mol. The van der Waals surface area contributed by atoms with Crippen LogP contribution in [0.25, 0.3) is 10.4 Å². The van der Waals surface area contributed by atoms with Gasteiger partial charge in [0, 0.05) is 74.0 Å². The van der Waals surface area contributed by atoms with Crippen LogP contribution in [0.4, 0.5) is 15.1 Å². The van der Waals surface area contributed by atoms with Crippen molar-refractivity contribution in [2.24, 2.45) is 0 Å². The van der Waals surface area contributed by atoms with Gasteiger partial charge in [-0.2, -0.15) is 0 Å². The van der Waals surface area contributed by atoms with Gasteiger partial charge < -0.3 is 15.1 Å². The Morgan fingerprint density at radius 1 is 1.06 bits per heavy atom. The summed E-state index contributed by atoms with van der Waals surface area (Å²) in [4.78, 5) is 30.3. The van der Waals surface area contributed by atoms with E-state index in [1.807, 2.05) is 17.0 Å². The molecule has 0 saturated carbocycles. The molecule has 178 valence electrons. The normalized spacial score (nSPS) is 19.3. The number of piperidine rings is 1. The fourth-order valence-electron chi connectivity index (χ4n) is 4.59. The molecule has 2 amide bonds. The van der Waals surface area contributed by atoms with E-state index >= 15 is 0 Å². The van der Waals surface area contributed by atoms with Crippen LogP contribution in [0.5, 0.6) is 0 Å². The molecule has 0 bridgehead atoms. The summed E-state index contributed by atoms with van der Waals surface area (Å²) in [6.45, 7) is 5.62. The third-order valence-corrected chi connectivity index (χ3v) is 7.51. The lowest BCUT2D eigenvalue weighted by atomic mass is 10.1. The zero-order chi connectivity index (χ0) is 23.3. The topological polar surface area (TPSA) is 64.6 Å². The number of amides is 2. The number of nitrogens with zero attached hydrogens (tertiary/aromatic N) is 5. The number of halogens is 1. The summed E-state index contributed by atoms with van der Waals surface area (Å²) in [5, 5.41) is 3.22. The number of rotatable bonds is 5. The highest BCUT2D eigenvalue weighted by Crippen LogP contribution is 2.29. The minimum atomic E-state index is -0.212. The number of benzene rings is 1. The lowest BCUT2D eigenvalue weighted by Crippen LogP contribution is -2.56. The van der Waals surface area contributed by atoms with E-state index < -0.39 is 0 Å². The van der Waals surface area contributed by atoms with Gasteiger partial charge in [-0.1, -0.05) is 12.1 Å². The number of carbonyl (C=O) groups excluding carboxylic acids is 1. The number of nitrogens with one attached hydrogen (secondary N) is 1. The summed E-state index contributed by atoms with van der Waals surface area (Å²) in [5.74, 6) is 0.514. The van der Waals surface area contributed by atoms with E-state index in [2.05, 4.69) is 37.2 Å². The van der Waals surface area contributed by atoms with Gasteiger partial charge in [-0.05, 0) is 48.7 Å². The van der Waals surface area contributed by atoms with Crippen LogP contribution in [0.2, 0.25) is 0 Å². The quantitative estimate of drug-likeness (QED) is 0.601. The molecule has 2 aliphatic rings. The molecule has 5 rings (SSSR count). The minimum absolute atomic E-state index is 0.0185. The molecule has 7 nitrogen and oxygen atoms in total. The molecule has 1 aromatic carbocycles. The van der Waals surface area contributed by atoms with E-state index in [1.165, 1.54) is 10.9 Å². The minimum Gasteiger partial charge on any atom is -0.339 e. The first-order valence-electron chi connectivity index (χ1n) is 11.8. The zero-order valence-electron chi connectivity index (χ0n) is 19.1. The largest absolute Gasteiger partial charge is 0.339 e. The van der Waals surface area contributed by atoms with Crippen LogP contribution < -0.4 is 10.2 Å². The average molecular weight is 481 g/mol. The molecule has 2 fully saturated rings. The average Bonchev–Trinajstić information content (AvgIpc) is 3.34. The van der Waals surface area contributed by atoms with Gasteiger partial charge in [0.15, 0.2) is 0 Å². The standard InChI is InChI=1S/C25H29FN6OS/c26-20-5-1-4-19(16-20)23-8-7-22(34-23)18-30-12-14-31(15-13-30)25(33)29-21-6-2-11-32(17-21)24-27-9-3-10-28-24/h1,3-5,7-10,16,21H,2,6,11-15,17-18H2,(H,29,33). The van der Waals surface area contributed by atoms with E-state index in [0.717, 1.165) is 62.0 Å². The third kappa shape index (κ3) is 5.53. The second kappa shape index (κ2) is 10.5. The van der Waals surface area contributed by atoms with Crippen LogP contribution in [0.1, 0.15) is 17.7 Å². The predicted octanol–water partition coefficient (Wildman–Crippen LogP) is 3.84. The maximum atomic E-state index is 13.5. The Hall–Kier alpha value is -3.04. The molecule has 9 heteroatoms. The highest BCUT2D eigenvalue weighted by molar-refractivity contribution is 7.15. The second-order valence-electron chi connectivity index (χ2n) is 8.82. The molecule has 0 radical (unpaired) electrons. The molecular formula is C25H29FN6OS. The van der Waals surface area contributed by atoms with Gasteiger partial charge >= 0.3 is 6.03 Å². The Labute approximate surface area is 203 Å². The van der Waals surface area contributed by atoms with Crippen LogP contribution >= 0.6 is 11.3 Å². The molecule has 3 aromatic rings. The van der Waals surface area contributed by atoms with Crippen molar-refractivity contribution in [1.82, 2.24) is 25.1 Å². The summed E-state index contributed by atoms with van der Waals surface area (Å²) in [6, 6.07) is 12.8. The van der Waals surface area contributed by atoms with E-state index in [9.17, 15) is 9.18 Å².